The number of carbonyl (C=O) groups is 1. The number of nitrogens with zero attached hydrogens (tertiary/aromatic N) is 1. The number of rotatable bonds is 3. The molecule has 98 valence electrons. The molecule has 2 rings (SSSR count). The quantitative estimate of drug-likeness (QED) is 0.882. The van der Waals surface area contributed by atoms with Crippen LogP contribution in [0.4, 0.5) is 4.39 Å². The van der Waals surface area contributed by atoms with E-state index < -0.39 is 0 Å². The molecule has 18 heavy (non-hydrogen) atoms. The summed E-state index contributed by atoms with van der Waals surface area (Å²) in [6, 6.07) is 6.62. The third-order valence-electron chi connectivity index (χ3n) is 3.79. The molecule has 1 heterocycles. The molecule has 4 heteroatoms. The maximum atomic E-state index is 13.4. The number of benzene rings is 1. The maximum Gasteiger partial charge on any atom is 0.223 e. The van der Waals surface area contributed by atoms with Crippen LogP contribution in [-0.4, -0.2) is 38.0 Å². The van der Waals surface area contributed by atoms with Gasteiger partial charge in [-0.25, -0.2) is 4.39 Å². The molecule has 1 aromatic rings. The van der Waals surface area contributed by atoms with Gasteiger partial charge in [0.15, 0.2) is 0 Å². The van der Waals surface area contributed by atoms with Gasteiger partial charge < -0.3 is 10.2 Å². The first-order valence-electron chi connectivity index (χ1n) is 6.22. The predicted octanol–water partition coefficient (Wildman–Crippen LogP) is 1.54. The molecular weight excluding hydrogens is 231 g/mol. The molecule has 3 nitrogen and oxygen atoms in total. The molecule has 1 atom stereocenters. The van der Waals surface area contributed by atoms with E-state index in [1.807, 2.05) is 20.2 Å². The summed E-state index contributed by atoms with van der Waals surface area (Å²) in [7, 11) is 3.68. The first-order chi connectivity index (χ1) is 8.57. The molecule has 0 aromatic heterocycles. The highest BCUT2D eigenvalue weighted by Crippen LogP contribution is 2.35. The molecule has 1 aromatic carbocycles. The zero-order valence-electron chi connectivity index (χ0n) is 10.9. The minimum atomic E-state index is -0.277. The van der Waals surface area contributed by atoms with E-state index >= 15 is 0 Å². The lowest BCUT2D eigenvalue weighted by Crippen LogP contribution is -2.49. The van der Waals surface area contributed by atoms with Crippen LogP contribution in [0.3, 0.4) is 0 Å². The van der Waals surface area contributed by atoms with Crippen LogP contribution in [0, 0.1) is 5.82 Å². The smallest absolute Gasteiger partial charge is 0.223 e. The molecule has 1 amide bonds. The number of amides is 1. The Kier molecular flexibility index (Phi) is 3.66. The second kappa shape index (κ2) is 5.06. The number of likely N-dealkylation sites (N-methyl/N-ethyl adjacent to an activating group) is 1. The van der Waals surface area contributed by atoms with E-state index in [1.165, 1.54) is 6.07 Å². The summed E-state index contributed by atoms with van der Waals surface area (Å²) in [5, 5.41) is 3.14. The summed E-state index contributed by atoms with van der Waals surface area (Å²) in [4.78, 5) is 13.7. The summed E-state index contributed by atoms with van der Waals surface area (Å²) in [5.41, 5.74) is 0.638. The maximum absolute atomic E-state index is 13.4. The number of likely N-dealkylation sites (tertiary alicyclic amines) is 1. The molecule has 0 saturated carbocycles. The van der Waals surface area contributed by atoms with Gasteiger partial charge in [-0.3, -0.25) is 4.79 Å². The van der Waals surface area contributed by atoms with Crippen LogP contribution < -0.4 is 5.32 Å². The van der Waals surface area contributed by atoms with Crippen molar-refractivity contribution in [1.82, 2.24) is 10.2 Å². The summed E-state index contributed by atoms with van der Waals surface area (Å²) in [5.74, 6) is -0.116. The van der Waals surface area contributed by atoms with Gasteiger partial charge >= 0.3 is 0 Å². The van der Waals surface area contributed by atoms with Crippen molar-refractivity contribution in [2.45, 2.75) is 18.3 Å². The Bertz CT molecular complexity index is 449. The zero-order chi connectivity index (χ0) is 13.2. The second-order valence-electron chi connectivity index (χ2n) is 5.06. The molecule has 1 saturated heterocycles. The lowest BCUT2D eigenvalue weighted by molar-refractivity contribution is -0.134. The number of piperidine rings is 1. The van der Waals surface area contributed by atoms with Gasteiger partial charge in [-0.05, 0) is 31.2 Å². The van der Waals surface area contributed by atoms with Crippen molar-refractivity contribution in [3.05, 3.63) is 35.6 Å². The Morgan fingerprint density at radius 3 is 2.89 bits per heavy atom. The Labute approximate surface area is 107 Å². The van der Waals surface area contributed by atoms with Crippen LogP contribution >= 0.6 is 0 Å². The molecular formula is C14H19FN2O. The fraction of sp³-hybridized carbons (Fsp3) is 0.500. The Hall–Kier alpha value is -1.42. The van der Waals surface area contributed by atoms with E-state index in [4.69, 9.17) is 0 Å². The topological polar surface area (TPSA) is 32.3 Å². The summed E-state index contributed by atoms with van der Waals surface area (Å²) in [6.45, 7) is 1.41. The van der Waals surface area contributed by atoms with Crippen molar-refractivity contribution in [3.8, 4) is 0 Å². The molecule has 0 bridgehead atoms. The van der Waals surface area contributed by atoms with E-state index in [9.17, 15) is 9.18 Å². The number of halogens is 1. The largest absolute Gasteiger partial charge is 0.346 e. The van der Waals surface area contributed by atoms with Crippen LogP contribution in [0.1, 0.15) is 18.4 Å². The van der Waals surface area contributed by atoms with E-state index in [0.29, 0.717) is 13.0 Å². The van der Waals surface area contributed by atoms with E-state index in [1.54, 1.807) is 17.0 Å². The zero-order valence-corrected chi connectivity index (χ0v) is 10.9. The molecule has 0 radical (unpaired) electrons. The fourth-order valence-corrected chi connectivity index (χ4v) is 2.68. The van der Waals surface area contributed by atoms with Crippen LogP contribution in [0.2, 0.25) is 0 Å². The van der Waals surface area contributed by atoms with Gasteiger partial charge in [0.1, 0.15) is 5.82 Å². The van der Waals surface area contributed by atoms with Crippen LogP contribution in [0.25, 0.3) is 0 Å². The predicted molar refractivity (Wildman–Crippen MR) is 68.9 cm³/mol. The third-order valence-corrected chi connectivity index (χ3v) is 3.79. The van der Waals surface area contributed by atoms with Crippen molar-refractivity contribution < 1.29 is 9.18 Å². The minimum absolute atomic E-state index is 0.126. The van der Waals surface area contributed by atoms with Gasteiger partial charge in [-0.1, -0.05) is 12.1 Å². The fourth-order valence-electron chi connectivity index (χ4n) is 2.68. The molecule has 1 unspecified atom stereocenters. The van der Waals surface area contributed by atoms with Crippen molar-refractivity contribution in [2.24, 2.45) is 0 Å². The van der Waals surface area contributed by atoms with Gasteiger partial charge in [-0.15, -0.1) is 0 Å². The van der Waals surface area contributed by atoms with Gasteiger partial charge in [0, 0.05) is 32.0 Å². The standard InChI is InChI=1S/C14H19FN2O/c1-16-10-14(6-7-17(2)13(18)9-14)11-4-3-5-12(15)8-11/h3-5,8,16H,6-7,9-10H2,1-2H3. The number of carbonyl (C=O) groups excluding carboxylic acids is 1. The Balaban J connectivity index is 2.35. The average Bonchev–Trinajstić information content (AvgIpc) is 2.34. The highest BCUT2D eigenvalue weighted by molar-refractivity contribution is 5.78. The lowest BCUT2D eigenvalue weighted by Gasteiger charge is -2.40. The van der Waals surface area contributed by atoms with Crippen LogP contribution in [0.15, 0.2) is 24.3 Å². The summed E-state index contributed by atoms with van der Waals surface area (Å²) in [6.07, 6.45) is 1.30. The monoisotopic (exact) mass is 250 g/mol. The lowest BCUT2D eigenvalue weighted by atomic mass is 9.72. The molecule has 1 aliphatic rings. The summed E-state index contributed by atoms with van der Waals surface area (Å²) < 4.78 is 13.4. The van der Waals surface area contributed by atoms with Crippen LogP contribution in [-0.2, 0) is 10.2 Å². The van der Waals surface area contributed by atoms with Crippen LogP contribution in [0.5, 0.6) is 0 Å². The van der Waals surface area contributed by atoms with Crippen molar-refractivity contribution in [1.29, 1.82) is 0 Å². The minimum Gasteiger partial charge on any atom is -0.346 e. The van der Waals surface area contributed by atoms with Gasteiger partial charge in [0.05, 0.1) is 0 Å². The van der Waals surface area contributed by atoms with E-state index in [2.05, 4.69) is 5.32 Å². The highest BCUT2D eigenvalue weighted by Gasteiger charge is 2.38. The first kappa shape index (κ1) is 13.0. The third kappa shape index (κ3) is 2.38. The number of nitrogens with one attached hydrogen (secondary N) is 1. The molecule has 1 N–H and O–H groups in total. The Morgan fingerprint density at radius 2 is 2.28 bits per heavy atom. The number of hydrogen-bond donors (Lipinski definition) is 1. The Morgan fingerprint density at radius 1 is 1.50 bits per heavy atom. The average molecular weight is 250 g/mol. The number of hydrogen-bond acceptors (Lipinski definition) is 2. The van der Waals surface area contributed by atoms with Crippen molar-refractivity contribution >= 4 is 5.91 Å². The van der Waals surface area contributed by atoms with Gasteiger partial charge in [-0.2, -0.15) is 0 Å². The second-order valence-corrected chi connectivity index (χ2v) is 5.06. The molecule has 0 aliphatic carbocycles. The van der Waals surface area contributed by atoms with Crippen molar-refractivity contribution in [2.75, 3.05) is 27.2 Å². The van der Waals surface area contributed by atoms with E-state index in [-0.39, 0.29) is 17.1 Å². The normalized spacial score (nSPS) is 24.4. The molecule has 0 spiro atoms. The van der Waals surface area contributed by atoms with Gasteiger partial charge in [0.2, 0.25) is 5.91 Å². The van der Waals surface area contributed by atoms with Crippen molar-refractivity contribution in [3.63, 3.8) is 0 Å². The summed E-state index contributed by atoms with van der Waals surface area (Å²) >= 11 is 0. The molecule has 1 aliphatic heterocycles. The van der Waals surface area contributed by atoms with Gasteiger partial charge in [0.25, 0.3) is 0 Å². The molecule has 1 fully saturated rings. The highest BCUT2D eigenvalue weighted by atomic mass is 19.1. The first-order valence-corrected chi connectivity index (χ1v) is 6.22. The van der Waals surface area contributed by atoms with E-state index in [0.717, 1.165) is 18.5 Å². The SMILES string of the molecule is CNCC1(c2cccc(F)c2)CCN(C)C(=O)C1.